The molecule has 0 bridgehead atoms. The summed E-state index contributed by atoms with van der Waals surface area (Å²) in [6, 6.07) is -1.17. The van der Waals surface area contributed by atoms with Gasteiger partial charge < -0.3 is 15.5 Å². The van der Waals surface area contributed by atoms with E-state index in [0.717, 1.165) is 0 Å². The predicted molar refractivity (Wildman–Crippen MR) is 74.3 cm³/mol. The lowest BCUT2D eigenvalue weighted by Gasteiger charge is -2.32. The molecule has 0 aliphatic heterocycles. The molecule has 0 fully saturated rings. The largest absolute Gasteiger partial charge is 0.481 e. The van der Waals surface area contributed by atoms with Crippen LogP contribution in [0.3, 0.4) is 0 Å². The standard InChI is InChI=1S/C14H25NO5/c1-13(2,3)8-14(4,5)12(20)15-9(11(18)19)6-7-10(16)17/h9H,6-8H2,1-5H3,(H,15,20)(H,16,17)(H,18,19). The third kappa shape index (κ3) is 7.11. The highest BCUT2D eigenvalue weighted by molar-refractivity contribution is 5.87. The van der Waals surface area contributed by atoms with Gasteiger partial charge in [0.05, 0.1) is 0 Å². The van der Waals surface area contributed by atoms with Gasteiger partial charge in [-0.2, -0.15) is 0 Å². The van der Waals surface area contributed by atoms with Gasteiger partial charge in [0.1, 0.15) is 6.04 Å². The Morgan fingerprint density at radius 2 is 1.55 bits per heavy atom. The van der Waals surface area contributed by atoms with Crippen LogP contribution in [-0.2, 0) is 14.4 Å². The summed E-state index contributed by atoms with van der Waals surface area (Å²) in [5.74, 6) is -2.67. The molecule has 0 aliphatic carbocycles. The van der Waals surface area contributed by atoms with Crippen LogP contribution in [0.15, 0.2) is 0 Å². The maximum atomic E-state index is 12.2. The van der Waals surface area contributed by atoms with Crippen molar-refractivity contribution in [1.29, 1.82) is 0 Å². The predicted octanol–water partition coefficient (Wildman–Crippen LogP) is 1.88. The van der Waals surface area contributed by atoms with Crippen LogP contribution in [0.2, 0.25) is 0 Å². The maximum absolute atomic E-state index is 12.2. The van der Waals surface area contributed by atoms with Gasteiger partial charge >= 0.3 is 11.9 Å². The zero-order valence-corrected chi connectivity index (χ0v) is 12.8. The van der Waals surface area contributed by atoms with Gasteiger partial charge in [0.15, 0.2) is 0 Å². The summed E-state index contributed by atoms with van der Waals surface area (Å²) in [6.07, 6.45) is 0.177. The normalized spacial score (nSPS) is 13.7. The van der Waals surface area contributed by atoms with E-state index in [2.05, 4.69) is 5.32 Å². The second-order valence-corrected chi connectivity index (χ2v) is 6.92. The molecule has 20 heavy (non-hydrogen) atoms. The number of hydrogen-bond acceptors (Lipinski definition) is 3. The van der Waals surface area contributed by atoms with Crippen molar-refractivity contribution >= 4 is 17.8 Å². The number of nitrogens with one attached hydrogen (secondary N) is 1. The fourth-order valence-electron chi connectivity index (χ4n) is 2.28. The van der Waals surface area contributed by atoms with Crippen molar-refractivity contribution in [2.75, 3.05) is 0 Å². The molecule has 1 amide bonds. The minimum atomic E-state index is -1.22. The average Bonchev–Trinajstić information content (AvgIpc) is 2.19. The minimum absolute atomic E-state index is 0.0688. The molecule has 0 aliphatic rings. The van der Waals surface area contributed by atoms with Gasteiger partial charge in [-0.1, -0.05) is 34.6 Å². The van der Waals surface area contributed by atoms with E-state index in [9.17, 15) is 14.4 Å². The summed E-state index contributed by atoms with van der Waals surface area (Å²) in [7, 11) is 0. The van der Waals surface area contributed by atoms with Crippen LogP contribution in [0.1, 0.15) is 53.9 Å². The van der Waals surface area contributed by atoms with Gasteiger partial charge in [-0.15, -0.1) is 0 Å². The average molecular weight is 287 g/mol. The van der Waals surface area contributed by atoms with E-state index in [4.69, 9.17) is 10.2 Å². The Kier molecular flexibility index (Phi) is 6.19. The van der Waals surface area contributed by atoms with Crippen molar-refractivity contribution < 1.29 is 24.6 Å². The van der Waals surface area contributed by atoms with Crippen LogP contribution in [0, 0.1) is 10.8 Å². The Balaban J connectivity index is 4.74. The topological polar surface area (TPSA) is 104 Å². The lowest BCUT2D eigenvalue weighted by molar-refractivity contribution is -0.145. The van der Waals surface area contributed by atoms with Crippen molar-refractivity contribution in [3.8, 4) is 0 Å². The van der Waals surface area contributed by atoms with Gasteiger partial charge in [-0.05, 0) is 18.3 Å². The number of carbonyl (C=O) groups is 3. The molecule has 3 N–H and O–H groups in total. The van der Waals surface area contributed by atoms with Gasteiger partial charge in [0.2, 0.25) is 5.91 Å². The molecule has 0 rings (SSSR count). The third-order valence-electron chi connectivity index (χ3n) is 2.84. The first kappa shape index (κ1) is 18.4. The number of carbonyl (C=O) groups excluding carboxylic acids is 1. The van der Waals surface area contributed by atoms with Crippen LogP contribution >= 0.6 is 0 Å². The summed E-state index contributed by atoms with van der Waals surface area (Å²) in [4.78, 5) is 33.7. The van der Waals surface area contributed by atoms with Crippen LogP contribution in [0.5, 0.6) is 0 Å². The molecule has 0 heterocycles. The second kappa shape index (κ2) is 6.72. The zero-order valence-electron chi connectivity index (χ0n) is 12.8. The molecule has 6 heteroatoms. The van der Waals surface area contributed by atoms with E-state index in [1.165, 1.54) is 0 Å². The fraction of sp³-hybridized carbons (Fsp3) is 0.786. The van der Waals surface area contributed by atoms with Crippen LogP contribution in [0.4, 0.5) is 0 Å². The number of rotatable bonds is 7. The number of amides is 1. The molecule has 1 unspecified atom stereocenters. The first-order chi connectivity index (χ1) is 8.85. The molecular formula is C14H25NO5. The van der Waals surface area contributed by atoms with Crippen molar-refractivity contribution in [2.45, 2.75) is 59.9 Å². The molecule has 0 aromatic heterocycles. The number of carboxylic acid groups (broad SMARTS) is 2. The maximum Gasteiger partial charge on any atom is 0.326 e. The third-order valence-corrected chi connectivity index (χ3v) is 2.84. The molecular weight excluding hydrogens is 262 g/mol. The van der Waals surface area contributed by atoms with Gasteiger partial charge in [-0.25, -0.2) is 4.79 Å². The number of hydrogen-bond donors (Lipinski definition) is 3. The van der Waals surface area contributed by atoms with Crippen LogP contribution in [-0.4, -0.2) is 34.1 Å². The van der Waals surface area contributed by atoms with E-state index in [1.54, 1.807) is 13.8 Å². The number of aliphatic carboxylic acids is 2. The Morgan fingerprint density at radius 3 is 1.90 bits per heavy atom. The quantitative estimate of drug-likeness (QED) is 0.663. The van der Waals surface area contributed by atoms with Gasteiger partial charge in [0, 0.05) is 11.8 Å². The first-order valence-corrected chi connectivity index (χ1v) is 6.61. The minimum Gasteiger partial charge on any atom is -0.481 e. The van der Waals surface area contributed by atoms with E-state index in [0.29, 0.717) is 6.42 Å². The molecule has 0 saturated carbocycles. The molecule has 0 radical (unpaired) electrons. The summed E-state index contributed by atoms with van der Waals surface area (Å²) in [6.45, 7) is 9.51. The summed E-state index contributed by atoms with van der Waals surface area (Å²) in [5, 5.41) is 20.0. The number of carboxylic acids is 2. The highest BCUT2D eigenvalue weighted by Gasteiger charge is 2.34. The SMILES string of the molecule is CC(C)(C)CC(C)(C)C(=O)NC(CCC(=O)O)C(=O)O. The molecule has 0 aromatic carbocycles. The van der Waals surface area contributed by atoms with E-state index in [1.807, 2.05) is 20.8 Å². The summed E-state index contributed by atoms with van der Waals surface area (Å²) in [5.41, 5.74) is -0.782. The summed E-state index contributed by atoms with van der Waals surface area (Å²) >= 11 is 0. The summed E-state index contributed by atoms with van der Waals surface area (Å²) < 4.78 is 0. The first-order valence-electron chi connectivity index (χ1n) is 6.61. The monoisotopic (exact) mass is 287 g/mol. The smallest absolute Gasteiger partial charge is 0.326 e. The molecule has 0 saturated heterocycles. The van der Waals surface area contributed by atoms with Crippen molar-refractivity contribution in [3.05, 3.63) is 0 Å². The van der Waals surface area contributed by atoms with Crippen molar-refractivity contribution in [1.82, 2.24) is 5.32 Å². The van der Waals surface area contributed by atoms with Crippen LogP contribution < -0.4 is 5.32 Å². The van der Waals surface area contributed by atoms with Crippen molar-refractivity contribution in [3.63, 3.8) is 0 Å². The lowest BCUT2D eigenvalue weighted by Crippen LogP contribution is -2.47. The Labute approximate surface area is 119 Å². The zero-order chi connectivity index (χ0) is 16.1. The molecule has 0 spiro atoms. The van der Waals surface area contributed by atoms with E-state index in [-0.39, 0.29) is 24.2 Å². The Bertz CT molecular complexity index is 382. The Morgan fingerprint density at radius 1 is 1.05 bits per heavy atom. The molecule has 6 nitrogen and oxygen atoms in total. The van der Waals surface area contributed by atoms with Crippen LogP contribution in [0.25, 0.3) is 0 Å². The molecule has 1 atom stereocenters. The van der Waals surface area contributed by atoms with E-state index < -0.39 is 23.4 Å². The van der Waals surface area contributed by atoms with Gasteiger partial charge in [0.25, 0.3) is 0 Å². The van der Waals surface area contributed by atoms with E-state index >= 15 is 0 Å². The highest BCUT2D eigenvalue weighted by Crippen LogP contribution is 2.33. The molecule has 0 aromatic rings. The fourth-order valence-corrected chi connectivity index (χ4v) is 2.28. The lowest BCUT2D eigenvalue weighted by atomic mass is 9.75. The van der Waals surface area contributed by atoms with Crippen molar-refractivity contribution in [2.24, 2.45) is 10.8 Å². The second-order valence-electron chi connectivity index (χ2n) is 6.92. The highest BCUT2D eigenvalue weighted by atomic mass is 16.4. The molecule has 116 valence electrons. The Hall–Kier alpha value is -1.59. The van der Waals surface area contributed by atoms with Gasteiger partial charge in [-0.3, -0.25) is 9.59 Å².